The Morgan fingerprint density at radius 1 is 0.706 bits per heavy atom. The van der Waals surface area contributed by atoms with Crippen molar-refractivity contribution in [2.24, 2.45) is 0 Å². The minimum absolute atomic E-state index is 0.00571. The summed E-state index contributed by atoms with van der Waals surface area (Å²) in [4.78, 5) is 12.4. The van der Waals surface area contributed by atoms with Crippen molar-refractivity contribution in [3.05, 3.63) is 96.6 Å². The molecule has 0 spiro atoms. The zero-order chi connectivity index (χ0) is 25.0. The molecule has 0 aliphatic carbocycles. The maximum Gasteiger partial charge on any atom is 0.446 e. The van der Waals surface area contributed by atoms with Gasteiger partial charge in [0, 0.05) is 16.2 Å². The second-order valence-electron chi connectivity index (χ2n) is 7.18. The Kier molecular flexibility index (Phi) is 7.24. The van der Waals surface area contributed by atoms with E-state index in [1.807, 2.05) is 0 Å². The number of nitrogens with one attached hydrogen (secondary N) is 1. The lowest BCUT2D eigenvalue weighted by Crippen LogP contribution is -2.69. The highest BCUT2D eigenvalue weighted by Gasteiger charge is 2.74. The summed E-state index contributed by atoms with van der Waals surface area (Å²) in [5, 5.41) is 0.959. The van der Waals surface area contributed by atoms with Crippen LogP contribution in [0.4, 0.5) is 26.3 Å². The Morgan fingerprint density at radius 3 is 1.47 bits per heavy atom. The van der Waals surface area contributed by atoms with Crippen molar-refractivity contribution >= 4 is 23.7 Å². The van der Waals surface area contributed by atoms with Gasteiger partial charge in [-0.15, -0.1) is 0 Å². The molecule has 1 amide bonds. The fourth-order valence-electron chi connectivity index (χ4n) is 3.15. The predicted molar refractivity (Wildman–Crippen MR) is 114 cm³/mol. The molecule has 3 rings (SSSR count). The SMILES string of the molecule is O=C(NC(OCP(=O)(c1ccccc1)c1ccccc1)(C(F)(F)F)C(F)(F)F)c1ccccc1. The second-order valence-corrected chi connectivity index (χ2v) is 9.95. The summed E-state index contributed by atoms with van der Waals surface area (Å²) in [7, 11) is -4.15. The number of rotatable bonds is 7. The van der Waals surface area contributed by atoms with E-state index < -0.39 is 43.0 Å². The van der Waals surface area contributed by atoms with Gasteiger partial charge in [0.1, 0.15) is 6.35 Å². The van der Waals surface area contributed by atoms with Gasteiger partial charge in [-0.05, 0) is 12.1 Å². The molecule has 0 aliphatic rings. The molecule has 4 nitrogen and oxygen atoms in total. The fourth-order valence-corrected chi connectivity index (χ4v) is 5.43. The van der Waals surface area contributed by atoms with E-state index in [9.17, 15) is 35.7 Å². The number of alkyl halides is 6. The summed E-state index contributed by atoms with van der Waals surface area (Å²) in [6, 6.07) is 20.3. The number of carbonyl (C=O) groups excluding carboxylic acids is 1. The third-order valence-electron chi connectivity index (χ3n) is 4.93. The van der Waals surface area contributed by atoms with Gasteiger partial charge in [-0.25, -0.2) is 0 Å². The third kappa shape index (κ3) is 5.03. The summed E-state index contributed by atoms with van der Waals surface area (Å²) >= 11 is 0. The smallest absolute Gasteiger partial charge is 0.332 e. The van der Waals surface area contributed by atoms with E-state index in [0.717, 1.165) is 17.4 Å². The number of benzene rings is 3. The van der Waals surface area contributed by atoms with Crippen LogP contribution in [0.15, 0.2) is 91.0 Å². The monoisotopic (exact) mass is 501 g/mol. The Balaban J connectivity index is 2.08. The molecule has 0 aliphatic heterocycles. The van der Waals surface area contributed by atoms with Crippen LogP contribution in [0.1, 0.15) is 10.4 Å². The summed E-state index contributed by atoms with van der Waals surface area (Å²) in [6.07, 6.45) is -13.7. The fraction of sp³-hybridized carbons (Fsp3) is 0.174. The lowest BCUT2D eigenvalue weighted by molar-refractivity contribution is -0.384. The van der Waals surface area contributed by atoms with Crippen LogP contribution < -0.4 is 15.9 Å². The van der Waals surface area contributed by atoms with Crippen LogP contribution in [0, 0.1) is 0 Å². The average molecular weight is 501 g/mol. The van der Waals surface area contributed by atoms with E-state index in [1.165, 1.54) is 66.7 Å². The maximum absolute atomic E-state index is 14.0. The first-order chi connectivity index (χ1) is 15.9. The normalized spacial score (nSPS) is 12.9. The van der Waals surface area contributed by atoms with Gasteiger partial charge in [0.15, 0.2) is 7.14 Å². The quantitative estimate of drug-likeness (QED) is 0.274. The zero-order valence-electron chi connectivity index (χ0n) is 17.3. The van der Waals surface area contributed by atoms with Crippen LogP contribution in [0.2, 0.25) is 0 Å². The van der Waals surface area contributed by atoms with E-state index in [2.05, 4.69) is 4.74 Å². The molecule has 0 heterocycles. The minimum Gasteiger partial charge on any atom is -0.332 e. The van der Waals surface area contributed by atoms with Gasteiger partial charge >= 0.3 is 18.1 Å². The van der Waals surface area contributed by atoms with Crippen molar-refractivity contribution in [1.82, 2.24) is 5.32 Å². The van der Waals surface area contributed by atoms with Gasteiger partial charge < -0.3 is 14.6 Å². The highest BCUT2D eigenvalue weighted by molar-refractivity contribution is 7.78. The molecule has 0 saturated carbocycles. The minimum atomic E-state index is -6.13. The lowest BCUT2D eigenvalue weighted by atomic mass is 10.1. The first kappa shape index (κ1) is 25.5. The van der Waals surface area contributed by atoms with Gasteiger partial charge in [-0.2, -0.15) is 26.3 Å². The lowest BCUT2D eigenvalue weighted by Gasteiger charge is -2.38. The molecule has 0 atom stereocenters. The third-order valence-corrected chi connectivity index (χ3v) is 7.69. The van der Waals surface area contributed by atoms with Gasteiger partial charge in [-0.1, -0.05) is 78.9 Å². The molecule has 0 bridgehead atoms. The molecular weight excluding hydrogens is 483 g/mol. The molecule has 0 radical (unpaired) electrons. The van der Waals surface area contributed by atoms with Crippen LogP contribution in [0.5, 0.6) is 0 Å². The Hall–Kier alpha value is -3.10. The van der Waals surface area contributed by atoms with Crippen LogP contribution in [-0.4, -0.2) is 30.3 Å². The van der Waals surface area contributed by atoms with Gasteiger partial charge in [0.25, 0.3) is 5.91 Å². The molecule has 0 aromatic heterocycles. The largest absolute Gasteiger partial charge is 0.446 e. The molecule has 34 heavy (non-hydrogen) atoms. The average Bonchev–Trinajstić information content (AvgIpc) is 2.81. The van der Waals surface area contributed by atoms with E-state index in [0.29, 0.717) is 0 Å². The number of amides is 1. The number of hydrogen-bond donors (Lipinski definition) is 1. The highest BCUT2D eigenvalue weighted by Crippen LogP contribution is 2.49. The predicted octanol–water partition coefficient (Wildman–Crippen LogP) is 5.23. The number of ether oxygens (including phenoxy) is 1. The standard InChI is InChI=1S/C23H18F6NO3P/c24-22(25,26)21(23(27,28)29,30-20(31)17-10-4-1-5-11-17)33-16-34(32,18-12-6-2-7-13-18)19-14-8-3-9-15-19/h1-15H,16H2,(H,30,31). The molecule has 3 aromatic rings. The van der Waals surface area contributed by atoms with E-state index in [-0.39, 0.29) is 10.6 Å². The molecule has 11 heteroatoms. The van der Waals surface area contributed by atoms with Crippen LogP contribution >= 0.6 is 7.14 Å². The molecule has 0 unspecified atom stereocenters. The van der Waals surface area contributed by atoms with Crippen molar-refractivity contribution in [3.8, 4) is 0 Å². The van der Waals surface area contributed by atoms with Crippen molar-refractivity contribution in [2.75, 3.05) is 6.35 Å². The van der Waals surface area contributed by atoms with E-state index >= 15 is 0 Å². The Bertz CT molecular complexity index is 1090. The Morgan fingerprint density at radius 2 is 1.09 bits per heavy atom. The molecular formula is C23H18F6NO3P. The summed E-state index contributed by atoms with van der Waals surface area (Å²) in [5.41, 5.74) is -5.55. The van der Waals surface area contributed by atoms with Crippen molar-refractivity contribution in [3.63, 3.8) is 0 Å². The number of hydrogen-bond acceptors (Lipinski definition) is 3. The summed E-state index contributed by atoms with van der Waals surface area (Å²) < 4.78 is 102. The van der Waals surface area contributed by atoms with Crippen LogP contribution in [0.3, 0.4) is 0 Å². The van der Waals surface area contributed by atoms with Gasteiger partial charge in [-0.3, -0.25) is 4.79 Å². The first-order valence-corrected chi connectivity index (χ1v) is 11.7. The van der Waals surface area contributed by atoms with Crippen LogP contribution in [0.25, 0.3) is 0 Å². The summed E-state index contributed by atoms with van der Waals surface area (Å²) in [5.74, 6) is -1.66. The van der Waals surface area contributed by atoms with Crippen molar-refractivity contribution in [1.29, 1.82) is 0 Å². The summed E-state index contributed by atoms with van der Waals surface area (Å²) in [6.45, 7) is 0. The number of halogens is 6. The zero-order valence-corrected chi connectivity index (χ0v) is 18.2. The molecule has 0 fully saturated rings. The van der Waals surface area contributed by atoms with Crippen LogP contribution in [-0.2, 0) is 9.30 Å². The molecule has 0 saturated heterocycles. The molecule has 180 valence electrons. The number of carbonyl (C=O) groups is 1. The van der Waals surface area contributed by atoms with Crippen molar-refractivity contribution in [2.45, 2.75) is 18.1 Å². The highest BCUT2D eigenvalue weighted by atomic mass is 31.2. The Labute approximate surface area is 190 Å². The topological polar surface area (TPSA) is 55.4 Å². The van der Waals surface area contributed by atoms with Gasteiger partial charge in [0.05, 0.1) is 0 Å². The first-order valence-electron chi connectivity index (χ1n) is 9.76. The molecule has 3 aromatic carbocycles. The van der Waals surface area contributed by atoms with E-state index in [4.69, 9.17) is 0 Å². The van der Waals surface area contributed by atoms with Crippen molar-refractivity contribution < 1.29 is 40.4 Å². The van der Waals surface area contributed by atoms with Gasteiger partial charge in [0.2, 0.25) is 0 Å². The van der Waals surface area contributed by atoms with E-state index in [1.54, 1.807) is 12.1 Å². The second kappa shape index (κ2) is 9.64. The maximum atomic E-state index is 14.0. The molecule has 1 N–H and O–H groups in total.